The molecule has 126 valence electrons. The highest BCUT2D eigenvalue weighted by atomic mass is 16.5. The molecule has 1 aliphatic rings. The molecule has 1 N–H and O–H groups in total. The van der Waals surface area contributed by atoms with Crippen molar-refractivity contribution in [3.8, 4) is 0 Å². The quantitative estimate of drug-likeness (QED) is 0.872. The summed E-state index contributed by atoms with van der Waals surface area (Å²) in [4.78, 5) is 24.4. The van der Waals surface area contributed by atoms with Crippen LogP contribution in [0.5, 0.6) is 0 Å². The summed E-state index contributed by atoms with van der Waals surface area (Å²) in [5, 5.41) is 4.81. The second-order valence-electron chi connectivity index (χ2n) is 6.54. The van der Waals surface area contributed by atoms with Crippen molar-refractivity contribution in [2.24, 2.45) is 5.92 Å². The van der Waals surface area contributed by atoms with Crippen LogP contribution in [-0.2, 0) is 9.53 Å². The Kier molecular flexibility index (Phi) is 5.14. The van der Waals surface area contributed by atoms with Gasteiger partial charge in [-0.3, -0.25) is 4.79 Å². The Morgan fingerprint density at radius 1 is 1.08 bits per heavy atom. The zero-order valence-corrected chi connectivity index (χ0v) is 14.0. The minimum absolute atomic E-state index is 0.197. The monoisotopic (exact) mass is 325 g/mol. The highest BCUT2D eigenvalue weighted by Crippen LogP contribution is 2.23. The van der Waals surface area contributed by atoms with Crippen molar-refractivity contribution in [1.82, 2.24) is 5.32 Å². The second-order valence-corrected chi connectivity index (χ2v) is 6.54. The molecule has 0 spiro atoms. The maximum Gasteiger partial charge on any atom is 0.339 e. The van der Waals surface area contributed by atoms with Crippen molar-refractivity contribution < 1.29 is 14.3 Å². The molecule has 2 atom stereocenters. The fourth-order valence-electron chi connectivity index (χ4n) is 3.39. The van der Waals surface area contributed by atoms with Crippen molar-refractivity contribution in [3.63, 3.8) is 0 Å². The first-order valence-corrected chi connectivity index (χ1v) is 8.59. The standard InChI is InChI=1S/C20H23NO3/c1-14-7-2-5-12-18(14)21-19(22)13-24-20(23)17-11-6-9-15-8-3-4-10-16(15)17/h3-4,6,8-11,14,18H,2,5,7,12-13H2,1H3,(H,21,22)/t14-,18-/m1/s1. The van der Waals surface area contributed by atoms with E-state index in [1.54, 1.807) is 6.07 Å². The van der Waals surface area contributed by atoms with Gasteiger partial charge in [0.05, 0.1) is 5.56 Å². The smallest absolute Gasteiger partial charge is 0.339 e. The number of esters is 1. The van der Waals surface area contributed by atoms with E-state index in [1.165, 1.54) is 6.42 Å². The third-order valence-electron chi connectivity index (χ3n) is 4.80. The maximum absolute atomic E-state index is 12.3. The lowest BCUT2D eigenvalue weighted by atomic mass is 9.86. The van der Waals surface area contributed by atoms with Crippen molar-refractivity contribution in [3.05, 3.63) is 48.0 Å². The highest BCUT2D eigenvalue weighted by Gasteiger charge is 2.23. The van der Waals surface area contributed by atoms with E-state index in [0.29, 0.717) is 11.5 Å². The van der Waals surface area contributed by atoms with Crippen LogP contribution in [0, 0.1) is 5.92 Å². The van der Waals surface area contributed by atoms with Crippen LogP contribution in [0.2, 0.25) is 0 Å². The molecule has 1 saturated carbocycles. The molecule has 0 saturated heterocycles. The lowest BCUT2D eigenvalue weighted by Crippen LogP contribution is -2.42. The van der Waals surface area contributed by atoms with Gasteiger partial charge in [0, 0.05) is 6.04 Å². The molecule has 3 rings (SSSR count). The molecule has 0 aromatic heterocycles. The summed E-state index contributed by atoms with van der Waals surface area (Å²) in [5.41, 5.74) is 0.493. The number of amides is 1. The number of rotatable bonds is 4. The van der Waals surface area contributed by atoms with Crippen LogP contribution in [0.1, 0.15) is 43.0 Å². The summed E-state index contributed by atoms with van der Waals surface area (Å²) < 4.78 is 5.22. The van der Waals surface area contributed by atoms with Gasteiger partial charge in [0.2, 0.25) is 0 Å². The van der Waals surface area contributed by atoms with Gasteiger partial charge in [-0.2, -0.15) is 0 Å². The van der Waals surface area contributed by atoms with Crippen LogP contribution in [0.25, 0.3) is 10.8 Å². The SMILES string of the molecule is C[C@@H]1CCCC[C@H]1NC(=O)COC(=O)c1cccc2ccccc12. The third kappa shape index (κ3) is 3.75. The Morgan fingerprint density at radius 2 is 1.83 bits per heavy atom. The molecule has 1 amide bonds. The van der Waals surface area contributed by atoms with E-state index < -0.39 is 5.97 Å². The molecule has 0 unspecified atom stereocenters. The molecule has 2 aromatic rings. The minimum atomic E-state index is -0.460. The molecule has 0 bridgehead atoms. The van der Waals surface area contributed by atoms with Gasteiger partial charge in [0.25, 0.3) is 5.91 Å². The average Bonchev–Trinajstić information content (AvgIpc) is 2.61. The van der Waals surface area contributed by atoms with Gasteiger partial charge >= 0.3 is 5.97 Å². The predicted octanol–water partition coefficient (Wildman–Crippen LogP) is 3.69. The lowest BCUT2D eigenvalue weighted by molar-refractivity contribution is -0.125. The van der Waals surface area contributed by atoms with Gasteiger partial charge in [-0.25, -0.2) is 4.79 Å². The van der Waals surface area contributed by atoms with Crippen LogP contribution < -0.4 is 5.32 Å². The van der Waals surface area contributed by atoms with Crippen LogP contribution in [0.15, 0.2) is 42.5 Å². The van der Waals surface area contributed by atoms with Crippen molar-refractivity contribution in [1.29, 1.82) is 0 Å². The molecule has 24 heavy (non-hydrogen) atoms. The maximum atomic E-state index is 12.3. The Labute approximate surface area is 142 Å². The fourth-order valence-corrected chi connectivity index (χ4v) is 3.39. The number of fused-ring (bicyclic) bond motifs is 1. The Balaban J connectivity index is 1.59. The van der Waals surface area contributed by atoms with Crippen molar-refractivity contribution in [2.75, 3.05) is 6.61 Å². The summed E-state index contributed by atoms with van der Waals surface area (Å²) in [6.45, 7) is 1.93. The topological polar surface area (TPSA) is 55.4 Å². The van der Waals surface area contributed by atoms with Gasteiger partial charge < -0.3 is 10.1 Å². The predicted molar refractivity (Wildman–Crippen MR) is 93.8 cm³/mol. The zero-order valence-electron chi connectivity index (χ0n) is 14.0. The third-order valence-corrected chi connectivity index (χ3v) is 4.80. The fraction of sp³-hybridized carbons (Fsp3) is 0.400. The summed E-state index contributed by atoms with van der Waals surface area (Å²) in [7, 11) is 0. The lowest BCUT2D eigenvalue weighted by Gasteiger charge is -2.29. The van der Waals surface area contributed by atoms with Gasteiger partial charge in [0.15, 0.2) is 6.61 Å². The van der Waals surface area contributed by atoms with E-state index in [1.807, 2.05) is 36.4 Å². The number of ether oxygens (including phenoxy) is 1. The molecule has 2 aromatic carbocycles. The summed E-state index contributed by atoms with van der Waals surface area (Å²) in [5.74, 6) is -0.197. The van der Waals surface area contributed by atoms with Crippen LogP contribution in [0.3, 0.4) is 0 Å². The van der Waals surface area contributed by atoms with Crippen molar-refractivity contribution in [2.45, 2.75) is 38.6 Å². The number of benzene rings is 2. The number of carbonyl (C=O) groups is 2. The number of nitrogens with one attached hydrogen (secondary N) is 1. The van der Waals surface area contributed by atoms with Crippen LogP contribution in [-0.4, -0.2) is 24.5 Å². The minimum Gasteiger partial charge on any atom is -0.452 e. The molecule has 0 radical (unpaired) electrons. The highest BCUT2D eigenvalue weighted by molar-refractivity contribution is 6.04. The van der Waals surface area contributed by atoms with Crippen LogP contribution >= 0.6 is 0 Å². The zero-order chi connectivity index (χ0) is 16.9. The van der Waals surface area contributed by atoms with Gasteiger partial charge in [-0.05, 0) is 35.6 Å². The van der Waals surface area contributed by atoms with Gasteiger partial charge in [-0.1, -0.05) is 56.2 Å². The summed E-state index contributed by atoms with van der Waals surface area (Å²) in [6.07, 6.45) is 4.51. The van der Waals surface area contributed by atoms with Gasteiger partial charge in [-0.15, -0.1) is 0 Å². The molecule has 0 aliphatic heterocycles. The normalized spacial score (nSPS) is 20.5. The molecule has 1 aliphatic carbocycles. The first-order chi connectivity index (χ1) is 11.6. The molecular formula is C20H23NO3. The Morgan fingerprint density at radius 3 is 2.67 bits per heavy atom. The first-order valence-electron chi connectivity index (χ1n) is 8.59. The van der Waals surface area contributed by atoms with Crippen molar-refractivity contribution >= 4 is 22.6 Å². The number of carbonyl (C=O) groups excluding carboxylic acids is 2. The summed E-state index contributed by atoms with van der Waals surface area (Å²) in [6, 6.07) is 13.3. The van der Waals surface area contributed by atoms with Crippen LogP contribution in [0.4, 0.5) is 0 Å². The number of hydrogen-bond donors (Lipinski definition) is 1. The average molecular weight is 325 g/mol. The molecule has 1 fully saturated rings. The second kappa shape index (κ2) is 7.47. The van der Waals surface area contributed by atoms with E-state index in [-0.39, 0.29) is 18.6 Å². The largest absolute Gasteiger partial charge is 0.452 e. The van der Waals surface area contributed by atoms with Gasteiger partial charge in [0.1, 0.15) is 0 Å². The van der Waals surface area contributed by atoms with E-state index in [4.69, 9.17) is 4.74 Å². The van der Waals surface area contributed by atoms with E-state index in [2.05, 4.69) is 12.2 Å². The molecule has 4 heteroatoms. The first kappa shape index (κ1) is 16.5. The molecule has 0 heterocycles. The summed E-state index contributed by atoms with van der Waals surface area (Å²) >= 11 is 0. The molecular weight excluding hydrogens is 302 g/mol. The molecule has 4 nitrogen and oxygen atoms in total. The Hall–Kier alpha value is -2.36. The van der Waals surface area contributed by atoms with E-state index >= 15 is 0 Å². The van der Waals surface area contributed by atoms with E-state index in [0.717, 1.165) is 30.0 Å². The Bertz CT molecular complexity index is 735. The number of hydrogen-bond acceptors (Lipinski definition) is 3. The van der Waals surface area contributed by atoms with E-state index in [9.17, 15) is 9.59 Å².